The van der Waals surface area contributed by atoms with Crippen molar-refractivity contribution in [1.82, 2.24) is 55.6 Å². The molecule has 0 saturated carbocycles. The summed E-state index contributed by atoms with van der Waals surface area (Å²) in [7, 11) is 8.37. The Morgan fingerprint density at radius 3 is 1.45 bits per heavy atom. The van der Waals surface area contributed by atoms with Gasteiger partial charge < -0.3 is 65.4 Å². The average Bonchev–Trinajstić information content (AvgIpc) is 2.15. The van der Waals surface area contributed by atoms with E-state index in [1.54, 1.807) is 67.5 Å². The third-order valence-electron chi connectivity index (χ3n) is 16.2. The van der Waals surface area contributed by atoms with E-state index in [4.69, 9.17) is 4.74 Å². The summed E-state index contributed by atoms with van der Waals surface area (Å²) in [6.45, 7) is 33.9. The molecule has 0 aromatic heterocycles. The van der Waals surface area contributed by atoms with Gasteiger partial charge in [0.25, 0.3) is 0 Å². The molecule has 13 atom stereocenters. The van der Waals surface area contributed by atoms with Gasteiger partial charge in [0.05, 0.1) is 18.8 Å². The highest BCUT2D eigenvalue weighted by Gasteiger charge is 2.46. The Morgan fingerprint density at radius 1 is 0.523 bits per heavy atom. The third kappa shape index (κ3) is 21.8. The zero-order valence-electron chi connectivity index (χ0n) is 57.0. The van der Waals surface area contributed by atoms with Crippen molar-refractivity contribution in [2.24, 2.45) is 35.5 Å². The van der Waals surface area contributed by atoms with Gasteiger partial charge in [-0.05, 0) is 83.0 Å². The number of nitrogens with zero attached hydrogens (tertiary/aromatic N) is 7. The molecule has 1 fully saturated rings. The number of allylic oxidation sites excluding steroid dienone is 1. The molecule has 0 bridgehead atoms. The zero-order chi connectivity index (χ0) is 68.1. The van der Waals surface area contributed by atoms with E-state index < -0.39 is 162 Å². The van der Waals surface area contributed by atoms with Crippen LogP contribution in [0.3, 0.4) is 0 Å². The van der Waals surface area contributed by atoms with Crippen molar-refractivity contribution >= 4 is 65.0 Å². The van der Waals surface area contributed by atoms with Crippen LogP contribution in [-0.2, 0) is 57.5 Å². The van der Waals surface area contributed by atoms with Crippen molar-refractivity contribution in [1.29, 1.82) is 0 Å². The van der Waals surface area contributed by atoms with Gasteiger partial charge in [-0.15, -0.1) is 13.2 Å². The first-order valence-corrected chi connectivity index (χ1v) is 31.0. The number of nitrogens with one attached hydrogen (secondary N) is 4. The summed E-state index contributed by atoms with van der Waals surface area (Å²) in [6.07, 6.45) is 3.89. The van der Waals surface area contributed by atoms with Crippen molar-refractivity contribution in [3.8, 4) is 0 Å². The molecule has 1 rings (SSSR count). The summed E-state index contributed by atoms with van der Waals surface area (Å²) in [6, 6.07) is -13.0. The van der Waals surface area contributed by atoms with Gasteiger partial charge in [-0.1, -0.05) is 107 Å². The number of ether oxygens (including phenoxy) is 1. The van der Waals surface area contributed by atoms with Gasteiger partial charge in [-0.25, -0.2) is 0 Å². The van der Waals surface area contributed by atoms with Gasteiger partial charge >= 0.3 is 0 Å². The molecule has 24 nitrogen and oxygen atoms in total. The summed E-state index contributed by atoms with van der Waals surface area (Å²) < 4.78 is 5.93. The Morgan fingerprint density at radius 2 is 0.989 bits per heavy atom. The van der Waals surface area contributed by atoms with E-state index >= 15 is 9.59 Å². The second-order valence-corrected chi connectivity index (χ2v) is 25.6. The monoisotopic (exact) mass is 1240 g/mol. The maximum atomic E-state index is 15.2. The van der Waals surface area contributed by atoms with Crippen molar-refractivity contribution < 1.29 is 62.6 Å². The molecule has 1 saturated heterocycles. The molecule has 0 spiro atoms. The Hall–Kier alpha value is -6.69. The van der Waals surface area contributed by atoms with Gasteiger partial charge in [0, 0.05) is 54.7 Å². The number of aliphatic hydroxyl groups excluding tert-OH is 1. The minimum atomic E-state index is -1.67. The molecule has 1 aliphatic heterocycles. The lowest BCUT2D eigenvalue weighted by Gasteiger charge is -2.41. The fourth-order valence-electron chi connectivity index (χ4n) is 10.9. The first kappa shape index (κ1) is 79.3. The number of amides is 11. The quantitative estimate of drug-likeness (QED) is 0.124. The lowest BCUT2D eigenvalue weighted by Crippen LogP contribution is -2.63. The molecule has 11 amide bonds. The number of carbonyl (C=O) groups is 11. The molecule has 0 aromatic rings. The molecule has 1 unspecified atom stereocenters. The number of hydrogen-bond donors (Lipinski definition) is 5. The topological polar surface area (TPSA) is 288 Å². The first-order valence-electron chi connectivity index (χ1n) is 31.0. The van der Waals surface area contributed by atoms with Gasteiger partial charge in [0.2, 0.25) is 65.0 Å². The summed E-state index contributed by atoms with van der Waals surface area (Å²) >= 11 is 0. The second kappa shape index (κ2) is 36.7. The van der Waals surface area contributed by atoms with Gasteiger partial charge in [-0.2, -0.15) is 0 Å². The van der Waals surface area contributed by atoms with E-state index in [2.05, 4.69) is 34.4 Å². The summed E-state index contributed by atoms with van der Waals surface area (Å²) in [5.74, 6) is -10.4. The molecular formula is C64H111N11O13. The molecule has 5 N–H and O–H groups in total. The molecule has 1 heterocycles. The fraction of sp³-hybridized carbons (Fsp3) is 0.734. The summed E-state index contributed by atoms with van der Waals surface area (Å²) in [5, 5.41) is 23.0. The number of hydrogen-bond acceptors (Lipinski definition) is 13. The molecule has 1 aliphatic rings. The smallest absolute Gasteiger partial charge is 0.246 e. The van der Waals surface area contributed by atoms with Crippen LogP contribution >= 0.6 is 0 Å². The van der Waals surface area contributed by atoms with Crippen LogP contribution in [0.4, 0.5) is 0 Å². The van der Waals surface area contributed by atoms with Crippen LogP contribution in [-0.4, -0.2) is 239 Å². The molecule has 88 heavy (non-hydrogen) atoms. The van der Waals surface area contributed by atoms with E-state index in [1.165, 1.54) is 87.9 Å². The minimum Gasteiger partial charge on any atom is -0.390 e. The molecule has 24 heteroatoms. The van der Waals surface area contributed by atoms with E-state index in [1.807, 2.05) is 41.5 Å². The van der Waals surface area contributed by atoms with Crippen LogP contribution < -0.4 is 21.3 Å². The standard InChI is InChI=1S/C64H111N11O13/c1-25-29-41(15)54(77)53-58(81)67-45(28-4)60(83)75(30-26-2)35-49(76)72(22)52(44(18)88-31-27-3)57(80)68-50(39(11)12)63(86)69(19)46(32-36(5)6)56(79)65-42(16)55(78)66-43(17)59(82)70(20)47(33-37(7)8)61(84)71(21)48(34-38(9)10)62(85)73(23)51(40(13)14)64(87)74(53)24/h25-27,29,36-48,50-54,77H,2-3,28,30-35H2,1,4-24H3,(H,65,79)(H,66,78)(H,67,81)(H,68,80)/b29-25+/t41-,42+,43-,44-,45+,46+,47+,48+,50+,51+,52?,53+,54-/m1/s1. The number of aliphatic hydroxyl groups is 1. The number of carbonyl (C=O) groups excluding carboxylic acids is 11. The van der Waals surface area contributed by atoms with Crippen molar-refractivity contribution in [3.05, 3.63) is 37.5 Å². The SMILES string of the molecule is C=CCO[C@H](C)C1C(=O)N[C@@H](C(C)C)C(=O)N(C)[C@@H](CC(C)C)C(=O)N[C@@H](C)C(=O)N[C@H](C)C(=O)N(C)[C@@H](CC(C)C)C(=O)N(C)[C@@H](CC(C)C)C(=O)N(C)[C@@H](C(C)C)C(=O)N(C)[C@@H]([C@H](O)[C@H](C)/C=C/C)C(=O)N[C@@H](CC)C(=O)N(CC=C)CC(=O)N1C. The van der Waals surface area contributed by atoms with E-state index in [0.29, 0.717) is 0 Å². The first-order chi connectivity index (χ1) is 40.8. The highest BCUT2D eigenvalue weighted by Crippen LogP contribution is 2.25. The highest BCUT2D eigenvalue weighted by molar-refractivity contribution is 5.99. The Labute approximate surface area is 525 Å². The van der Waals surface area contributed by atoms with Gasteiger partial charge in [-0.3, -0.25) is 52.7 Å². The molecule has 0 aromatic carbocycles. The maximum absolute atomic E-state index is 15.2. The summed E-state index contributed by atoms with van der Waals surface area (Å²) in [5.41, 5.74) is 0. The van der Waals surface area contributed by atoms with Crippen molar-refractivity contribution in [2.45, 2.75) is 209 Å². The molecule has 0 radical (unpaired) electrons. The minimum absolute atomic E-state index is 0.0340. The second-order valence-electron chi connectivity index (χ2n) is 25.6. The summed E-state index contributed by atoms with van der Waals surface area (Å²) in [4.78, 5) is 170. The van der Waals surface area contributed by atoms with E-state index in [0.717, 1.165) is 14.7 Å². The zero-order valence-corrected chi connectivity index (χ0v) is 57.0. The molecule has 500 valence electrons. The van der Waals surface area contributed by atoms with Crippen LogP contribution in [0.2, 0.25) is 0 Å². The van der Waals surface area contributed by atoms with Crippen molar-refractivity contribution in [3.63, 3.8) is 0 Å². The largest absolute Gasteiger partial charge is 0.390 e. The lowest BCUT2D eigenvalue weighted by molar-refractivity contribution is -0.157. The third-order valence-corrected chi connectivity index (χ3v) is 16.2. The maximum Gasteiger partial charge on any atom is 0.246 e. The lowest BCUT2D eigenvalue weighted by atomic mass is 9.93. The number of rotatable bonds is 18. The fourth-order valence-corrected chi connectivity index (χ4v) is 10.9. The van der Waals surface area contributed by atoms with Crippen LogP contribution in [0.5, 0.6) is 0 Å². The van der Waals surface area contributed by atoms with Crippen LogP contribution in [0.25, 0.3) is 0 Å². The predicted octanol–water partition coefficient (Wildman–Crippen LogP) is 2.98. The number of likely N-dealkylation sites (N-methyl/N-ethyl adjacent to an activating group) is 6. The Bertz CT molecular complexity index is 2450. The Balaban J connectivity index is 4.44. The van der Waals surface area contributed by atoms with Gasteiger partial charge in [0.1, 0.15) is 67.0 Å². The van der Waals surface area contributed by atoms with Gasteiger partial charge in [0.15, 0.2) is 0 Å². The van der Waals surface area contributed by atoms with Crippen molar-refractivity contribution in [2.75, 3.05) is 62.0 Å². The highest BCUT2D eigenvalue weighted by atomic mass is 16.5. The van der Waals surface area contributed by atoms with Crippen LogP contribution in [0.1, 0.15) is 136 Å². The van der Waals surface area contributed by atoms with E-state index in [-0.39, 0.29) is 56.6 Å². The van der Waals surface area contributed by atoms with Crippen LogP contribution in [0, 0.1) is 35.5 Å². The van der Waals surface area contributed by atoms with E-state index in [9.17, 15) is 48.3 Å². The average molecular weight is 1240 g/mol. The molecular weight excluding hydrogens is 1130 g/mol. The molecule has 0 aliphatic carbocycles. The predicted molar refractivity (Wildman–Crippen MR) is 339 cm³/mol. The Kier molecular flexibility index (Phi) is 33.1. The van der Waals surface area contributed by atoms with Crippen LogP contribution in [0.15, 0.2) is 37.5 Å². The normalized spacial score (nSPS) is 26.6.